The van der Waals surface area contributed by atoms with E-state index in [1.54, 1.807) is 12.1 Å². The third-order valence-electron chi connectivity index (χ3n) is 5.54. The lowest BCUT2D eigenvalue weighted by Crippen LogP contribution is -2.41. The van der Waals surface area contributed by atoms with Crippen LogP contribution in [-0.2, 0) is 4.74 Å². The van der Waals surface area contributed by atoms with Crippen LogP contribution in [0, 0.1) is 0 Å². The summed E-state index contributed by atoms with van der Waals surface area (Å²) in [6.07, 6.45) is 1.34. The predicted molar refractivity (Wildman–Crippen MR) is 133 cm³/mol. The monoisotopic (exact) mass is 489 g/mol. The SMILES string of the molecule is O=C(NNC(=O)c1nn(-c2ccccc2)cc1O)c1cc(-c2ccccc2)c(N2CCOCC2)s1. The molecule has 2 aromatic carbocycles. The number of hydrogen-bond acceptors (Lipinski definition) is 7. The Morgan fingerprint density at radius 1 is 0.943 bits per heavy atom. The number of ether oxygens (including phenoxy) is 1. The van der Waals surface area contributed by atoms with E-state index in [0.29, 0.717) is 23.8 Å². The smallest absolute Gasteiger partial charge is 0.294 e. The predicted octanol–water partition coefficient (Wildman–Crippen LogP) is 3.22. The fourth-order valence-corrected chi connectivity index (χ4v) is 4.92. The van der Waals surface area contributed by atoms with Gasteiger partial charge in [0.15, 0.2) is 11.4 Å². The van der Waals surface area contributed by atoms with Gasteiger partial charge in [-0.15, -0.1) is 11.3 Å². The van der Waals surface area contributed by atoms with Crippen molar-refractivity contribution in [1.82, 2.24) is 20.6 Å². The van der Waals surface area contributed by atoms with Crippen molar-refractivity contribution in [3.63, 3.8) is 0 Å². The number of rotatable bonds is 5. The number of carbonyl (C=O) groups is 2. The molecular weight excluding hydrogens is 466 g/mol. The Balaban J connectivity index is 1.32. The molecule has 4 aromatic rings. The highest BCUT2D eigenvalue weighted by Crippen LogP contribution is 2.39. The second-order valence-corrected chi connectivity index (χ2v) is 8.88. The fraction of sp³-hybridized carbons (Fsp3) is 0.160. The Hall–Kier alpha value is -4.15. The average molecular weight is 490 g/mol. The van der Waals surface area contributed by atoms with Gasteiger partial charge in [0, 0.05) is 18.7 Å². The van der Waals surface area contributed by atoms with Crippen molar-refractivity contribution in [2.24, 2.45) is 0 Å². The maximum Gasteiger partial charge on any atom is 0.294 e. The first kappa shape index (κ1) is 22.6. The van der Waals surface area contributed by atoms with Gasteiger partial charge < -0.3 is 14.7 Å². The van der Waals surface area contributed by atoms with E-state index in [2.05, 4.69) is 20.9 Å². The molecule has 1 aliphatic rings. The van der Waals surface area contributed by atoms with Gasteiger partial charge in [0.1, 0.15) is 0 Å². The first-order valence-electron chi connectivity index (χ1n) is 11.1. The van der Waals surface area contributed by atoms with Gasteiger partial charge in [-0.3, -0.25) is 20.4 Å². The van der Waals surface area contributed by atoms with Gasteiger partial charge in [-0.1, -0.05) is 48.5 Å². The number of thiophene rings is 1. The number of benzene rings is 2. The molecule has 1 aliphatic heterocycles. The molecule has 0 aliphatic carbocycles. The van der Waals surface area contributed by atoms with Gasteiger partial charge in [-0.2, -0.15) is 5.10 Å². The van der Waals surface area contributed by atoms with Crippen LogP contribution in [0.3, 0.4) is 0 Å². The lowest BCUT2D eigenvalue weighted by atomic mass is 10.1. The number of aromatic nitrogens is 2. The summed E-state index contributed by atoms with van der Waals surface area (Å²) in [6, 6.07) is 20.8. The van der Waals surface area contributed by atoms with Crippen molar-refractivity contribution in [3.8, 4) is 22.6 Å². The van der Waals surface area contributed by atoms with Crippen molar-refractivity contribution in [3.05, 3.63) is 83.5 Å². The zero-order valence-corrected chi connectivity index (χ0v) is 19.5. The summed E-state index contributed by atoms with van der Waals surface area (Å²) in [5.74, 6) is -1.47. The van der Waals surface area contributed by atoms with Crippen molar-refractivity contribution < 1.29 is 19.4 Å². The molecule has 0 saturated carbocycles. The Bertz CT molecular complexity index is 1330. The number of carbonyl (C=O) groups excluding carboxylic acids is 2. The van der Waals surface area contributed by atoms with E-state index in [0.717, 1.165) is 29.2 Å². The maximum atomic E-state index is 12.9. The second-order valence-electron chi connectivity index (χ2n) is 7.85. The molecule has 0 radical (unpaired) electrons. The van der Waals surface area contributed by atoms with Crippen LogP contribution in [0.2, 0.25) is 0 Å². The maximum absolute atomic E-state index is 12.9. The molecule has 0 bridgehead atoms. The molecule has 0 spiro atoms. The summed E-state index contributed by atoms with van der Waals surface area (Å²) in [6.45, 7) is 2.73. The molecule has 2 amide bonds. The van der Waals surface area contributed by atoms with E-state index < -0.39 is 11.8 Å². The highest BCUT2D eigenvalue weighted by molar-refractivity contribution is 7.18. The molecule has 1 fully saturated rings. The Kier molecular flexibility index (Phi) is 6.47. The largest absolute Gasteiger partial charge is 0.504 e. The fourth-order valence-electron chi connectivity index (χ4n) is 3.79. The van der Waals surface area contributed by atoms with Gasteiger partial charge in [0.25, 0.3) is 11.8 Å². The second kappa shape index (κ2) is 10.00. The van der Waals surface area contributed by atoms with Crippen molar-refractivity contribution in [2.75, 3.05) is 31.2 Å². The highest BCUT2D eigenvalue weighted by Gasteiger charge is 2.23. The molecular formula is C25H23N5O4S. The van der Waals surface area contributed by atoms with E-state index in [1.165, 1.54) is 22.2 Å². The topological polar surface area (TPSA) is 109 Å². The number of morpholine rings is 1. The van der Waals surface area contributed by atoms with E-state index in [9.17, 15) is 14.7 Å². The standard InChI is InChI=1S/C25H23N5O4S/c31-20-16-30(18-9-5-2-6-10-18)28-22(20)24(33)27-26-23(32)21-15-19(17-7-3-1-4-8-17)25(35-21)29-11-13-34-14-12-29/h1-10,15-16,31H,11-14H2,(H,26,32)(H,27,33). The van der Waals surface area contributed by atoms with E-state index in [-0.39, 0.29) is 11.4 Å². The zero-order chi connectivity index (χ0) is 24.2. The number of amides is 2. The number of para-hydroxylation sites is 1. The average Bonchev–Trinajstić information content (AvgIpc) is 3.53. The van der Waals surface area contributed by atoms with Crippen molar-refractivity contribution in [2.45, 2.75) is 0 Å². The number of nitrogens with one attached hydrogen (secondary N) is 2. The van der Waals surface area contributed by atoms with Gasteiger partial charge >= 0.3 is 0 Å². The van der Waals surface area contributed by atoms with E-state index in [4.69, 9.17) is 4.74 Å². The van der Waals surface area contributed by atoms with Crippen LogP contribution in [-0.4, -0.2) is 53.0 Å². The number of hydrogen-bond donors (Lipinski definition) is 3. The van der Waals surface area contributed by atoms with Crippen LogP contribution in [0.25, 0.3) is 16.8 Å². The van der Waals surface area contributed by atoms with Crippen LogP contribution >= 0.6 is 11.3 Å². The quantitative estimate of drug-likeness (QED) is 0.372. The molecule has 1 saturated heterocycles. The zero-order valence-electron chi connectivity index (χ0n) is 18.7. The van der Waals surface area contributed by atoms with Gasteiger partial charge in [-0.05, 0) is 23.8 Å². The van der Waals surface area contributed by atoms with Gasteiger partial charge in [0.2, 0.25) is 0 Å². The molecule has 35 heavy (non-hydrogen) atoms. The molecule has 3 N–H and O–H groups in total. The summed E-state index contributed by atoms with van der Waals surface area (Å²) in [5.41, 5.74) is 7.24. The summed E-state index contributed by atoms with van der Waals surface area (Å²) in [7, 11) is 0. The van der Waals surface area contributed by atoms with Gasteiger partial charge in [0.05, 0.1) is 35.0 Å². The lowest BCUT2D eigenvalue weighted by molar-refractivity contribution is 0.0844. The van der Waals surface area contributed by atoms with E-state index >= 15 is 0 Å². The number of anilines is 1. The van der Waals surface area contributed by atoms with Crippen LogP contribution < -0.4 is 15.8 Å². The number of hydrazine groups is 1. The molecule has 178 valence electrons. The van der Waals surface area contributed by atoms with E-state index in [1.807, 2.05) is 54.6 Å². The minimum absolute atomic E-state index is 0.195. The molecule has 0 unspecified atom stereocenters. The van der Waals surface area contributed by atoms with Crippen LogP contribution in [0.1, 0.15) is 20.2 Å². The summed E-state index contributed by atoms with van der Waals surface area (Å²) in [4.78, 5) is 28.2. The Labute approximate surface area is 205 Å². The summed E-state index contributed by atoms with van der Waals surface area (Å²) < 4.78 is 6.87. The van der Waals surface area contributed by atoms with Crippen molar-refractivity contribution >= 4 is 28.2 Å². The molecule has 5 rings (SSSR count). The lowest BCUT2D eigenvalue weighted by Gasteiger charge is -2.28. The van der Waals surface area contributed by atoms with Crippen LogP contribution in [0.15, 0.2) is 72.9 Å². The third-order valence-corrected chi connectivity index (χ3v) is 6.73. The summed E-state index contributed by atoms with van der Waals surface area (Å²) >= 11 is 1.36. The van der Waals surface area contributed by atoms with Crippen molar-refractivity contribution in [1.29, 1.82) is 0 Å². The van der Waals surface area contributed by atoms with Crippen LogP contribution in [0.5, 0.6) is 5.75 Å². The first-order valence-corrected chi connectivity index (χ1v) is 11.9. The highest BCUT2D eigenvalue weighted by atomic mass is 32.1. The minimum atomic E-state index is -0.723. The Morgan fingerprint density at radius 3 is 2.31 bits per heavy atom. The molecule has 0 atom stereocenters. The number of nitrogens with zero attached hydrogens (tertiary/aromatic N) is 3. The first-order chi connectivity index (χ1) is 17.1. The molecule has 3 heterocycles. The minimum Gasteiger partial charge on any atom is -0.504 e. The molecule has 2 aromatic heterocycles. The normalized spacial score (nSPS) is 13.4. The third kappa shape index (κ3) is 4.88. The number of aromatic hydroxyl groups is 1. The summed E-state index contributed by atoms with van der Waals surface area (Å²) in [5, 5.41) is 15.3. The molecule has 10 heteroatoms. The van der Waals surface area contributed by atoms with Crippen LogP contribution in [0.4, 0.5) is 5.00 Å². The van der Waals surface area contributed by atoms with Gasteiger partial charge in [-0.25, -0.2) is 4.68 Å². The molecule has 9 nitrogen and oxygen atoms in total. The Morgan fingerprint density at radius 2 is 1.60 bits per heavy atom.